The average molecular weight is 293 g/mol. The second-order valence-corrected chi connectivity index (χ2v) is 4.97. The normalized spacial score (nSPS) is 10.9. The average Bonchev–Trinajstić information content (AvgIpc) is 2.51. The van der Waals surface area contributed by atoms with Crippen molar-refractivity contribution in [3.63, 3.8) is 0 Å². The first kappa shape index (κ1) is 17.6. The molecule has 0 aromatic heterocycles. The minimum atomic E-state index is 0.0539. The lowest BCUT2D eigenvalue weighted by Gasteiger charge is -2.21. The van der Waals surface area contributed by atoms with Crippen LogP contribution in [-0.4, -0.2) is 44.2 Å². The molecule has 0 saturated carbocycles. The van der Waals surface area contributed by atoms with Crippen LogP contribution in [0.25, 0.3) is 0 Å². The van der Waals surface area contributed by atoms with Crippen molar-refractivity contribution in [2.24, 2.45) is 5.73 Å². The number of amides is 1. The summed E-state index contributed by atoms with van der Waals surface area (Å²) in [5, 5.41) is 2.91. The van der Waals surface area contributed by atoms with Crippen LogP contribution >= 0.6 is 0 Å². The van der Waals surface area contributed by atoms with Crippen LogP contribution in [-0.2, 0) is 22.6 Å². The Morgan fingerprint density at radius 1 is 1.33 bits per heavy atom. The number of ether oxygens (including phenoxy) is 1. The number of nitrogens with one attached hydrogen (secondary N) is 1. The van der Waals surface area contributed by atoms with E-state index in [1.165, 1.54) is 5.56 Å². The van der Waals surface area contributed by atoms with Crippen LogP contribution in [0.15, 0.2) is 24.3 Å². The number of nitrogens with two attached hydrogens (primary N) is 1. The quantitative estimate of drug-likeness (QED) is 0.634. The van der Waals surface area contributed by atoms with Gasteiger partial charge in [-0.1, -0.05) is 31.2 Å². The lowest BCUT2D eigenvalue weighted by Crippen LogP contribution is -2.37. The predicted octanol–water partition coefficient (Wildman–Crippen LogP) is 1.12. The number of likely N-dealkylation sites (N-methyl/N-ethyl adjacent to an activating group) is 1. The van der Waals surface area contributed by atoms with E-state index in [1.807, 2.05) is 18.2 Å². The first-order chi connectivity index (χ1) is 10.2. The van der Waals surface area contributed by atoms with Gasteiger partial charge in [0, 0.05) is 33.4 Å². The summed E-state index contributed by atoms with van der Waals surface area (Å²) in [7, 11) is 1.66. The molecule has 0 spiro atoms. The molecule has 0 radical (unpaired) electrons. The van der Waals surface area contributed by atoms with Gasteiger partial charge in [0.1, 0.15) is 0 Å². The fourth-order valence-electron chi connectivity index (χ4n) is 2.13. The van der Waals surface area contributed by atoms with Gasteiger partial charge in [0.25, 0.3) is 0 Å². The van der Waals surface area contributed by atoms with Gasteiger partial charge in [0.05, 0.1) is 6.54 Å². The van der Waals surface area contributed by atoms with Crippen LogP contribution in [0.4, 0.5) is 0 Å². The fourth-order valence-corrected chi connectivity index (χ4v) is 2.13. The van der Waals surface area contributed by atoms with Crippen LogP contribution < -0.4 is 11.1 Å². The number of hydrogen-bond acceptors (Lipinski definition) is 4. The summed E-state index contributed by atoms with van der Waals surface area (Å²) in [6.45, 7) is 5.88. The molecule has 1 aromatic carbocycles. The minimum Gasteiger partial charge on any atom is -0.385 e. The summed E-state index contributed by atoms with van der Waals surface area (Å²) in [4.78, 5) is 14.0. The van der Waals surface area contributed by atoms with Crippen molar-refractivity contribution < 1.29 is 9.53 Å². The van der Waals surface area contributed by atoms with Gasteiger partial charge in [-0.2, -0.15) is 0 Å². The number of nitrogens with zero attached hydrogens (tertiary/aromatic N) is 1. The summed E-state index contributed by atoms with van der Waals surface area (Å²) in [6.07, 6.45) is 0.838. The highest BCUT2D eigenvalue weighted by atomic mass is 16.5. The van der Waals surface area contributed by atoms with Gasteiger partial charge in [0.2, 0.25) is 5.91 Å². The van der Waals surface area contributed by atoms with Crippen LogP contribution in [0.2, 0.25) is 0 Å². The van der Waals surface area contributed by atoms with E-state index in [-0.39, 0.29) is 5.91 Å². The third-order valence-corrected chi connectivity index (χ3v) is 3.39. The van der Waals surface area contributed by atoms with E-state index >= 15 is 0 Å². The largest absolute Gasteiger partial charge is 0.385 e. The van der Waals surface area contributed by atoms with E-state index in [0.717, 1.165) is 25.1 Å². The summed E-state index contributed by atoms with van der Waals surface area (Å²) >= 11 is 0. The number of methoxy groups -OCH3 is 1. The van der Waals surface area contributed by atoms with Crippen LogP contribution in [0.3, 0.4) is 0 Å². The van der Waals surface area contributed by atoms with E-state index in [9.17, 15) is 4.79 Å². The Labute approximate surface area is 127 Å². The van der Waals surface area contributed by atoms with E-state index in [1.54, 1.807) is 7.11 Å². The first-order valence-electron chi connectivity index (χ1n) is 7.46. The zero-order chi connectivity index (χ0) is 15.5. The third-order valence-electron chi connectivity index (χ3n) is 3.39. The SMILES string of the molecule is CCN(CC(=O)NCCCOC)Cc1ccccc1CN. The van der Waals surface area contributed by atoms with Crippen molar-refractivity contribution in [3.05, 3.63) is 35.4 Å². The van der Waals surface area contributed by atoms with E-state index in [4.69, 9.17) is 10.5 Å². The van der Waals surface area contributed by atoms with E-state index in [0.29, 0.717) is 26.2 Å². The number of carbonyl (C=O) groups excluding carboxylic acids is 1. The highest BCUT2D eigenvalue weighted by Gasteiger charge is 2.11. The Morgan fingerprint density at radius 2 is 2.05 bits per heavy atom. The van der Waals surface area contributed by atoms with E-state index < -0.39 is 0 Å². The molecule has 0 atom stereocenters. The molecule has 5 heteroatoms. The fraction of sp³-hybridized carbons (Fsp3) is 0.562. The molecular formula is C16H27N3O2. The van der Waals surface area contributed by atoms with Gasteiger partial charge in [-0.25, -0.2) is 0 Å². The number of benzene rings is 1. The number of hydrogen-bond donors (Lipinski definition) is 2. The molecule has 0 aliphatic heterocycles. The lowest BCUT2D eigenvalue weighted by molar-refractivity contribution is -0.122. The number of carbonyl (C=O) groups is 1. The van der Waals surface area contributed by atoms with Crippen molar-refractivity contribution in [1.82, 2.24) is 10.2 Å². The molecule has 0 saturated heterocycles. The molecule has 0 heterocycles. The van der Waals surface area contributed by atoms with Gasteiger partial charge in [-0.15, -0.1) is 0 Å². The lowest BCUT2D eigenvalue weighted by atomic mass is 10.1. The minimum absolute atomic E-state index is 0.0539. The van der Waals surface area contributed by atoms with Crippen molar-refractivity contribution >= 4 is 5.91 Å². The van der Waals surface area contributed by atoms with Gasteiger partial charge in [-0.3, -0.25) is 9.69 Å². The Bertz CT molecular complexity index is 424. The third kappa shape index (κ3) is 6.71. The molecule has 1 amide bonds. The molecule has 3 N–H and O–H groups in total. The molecule has 118 valence electrons. The standard InChI is InChI=1S/C16H27N3O2/c1-3-19(13-16(20)18-9-6-10-21-2)12-15-8-5-4-7-14(15)11-17/h4-5,7-8H,3,6,9-13,17H2,1-2H3,(H,18,20). The van der Waals surface area contributed by atoms with Crippen LogP contribution in [0.5, 0.6) is 0 Å². The second kappa shape index (κ2) is 10.3. The molecule has 0 unspecified atom stereocenters. The Morgan fingerprint density at radius 3 is 2.67 bits per heavy atom. The van der Waals surface area contributed by atoms with Gasteiger partial charge in [-0.05, 0) is 24.1 Å². The smallest absolute Gasteiger partial charge is 0.234 e. The molecule has 21 heavy (non-hydrogen) atoms. The Hall–Kier alpha value is -1.43. The first-order valence-corrected chi connectivity index (χ1v) is 7.46. The van der Waals surface area contributed by atoms with Crippen molar-refractivity contribution in [2.45, 2.75) is 26.4 Å². The molecule has 1 rings (SSSR count). The monoisotopic (exact) mass is 293 g/mol. The Kier molecular flexibility index (Phi) is 8.66. The second-order valence-electron chi connectivity index (χ2n) is 4.97. The number of rotatable bonds is 10. The predicted molar refractivity (Wildman–Crippen MR) is 84.8 cm³/mol. The Balaban J connectivity index is 2.45. The molecule has 0 aliphatic carbocycles. The molecule has 1 aromatic rings. The van der Waals surface area contributed by atoms with Crippen molar-refractivity contribution in [2.75, 3.05) is 33.4 Å². The summed E-state index contributed by atoms with van der Waals surface area (Å²) in [5.74, 6) is 0.0539. The van der Waals surface area contributed by atoms with Gasteiger partial charge in [0.15, 0.2) is 0 Å². The summed E-state index contributed by atoms with van der Waals surface area (Å²) in [6, 6.07) is 8.10. The highest BCUT2D eigenvalue weighted by Crippen LogP contribution is 2.10. The maximum absolute atomic E-state index is 11.9. The maximum Gasteiger partial charge on any atom is 0.234 e. The molecule has 0 bridgehead atoms. The van der Waals surface area contributed by atoms with Crippen LogP contribution in [0, 0.1) is 0 Å². The van der Waals surface area contributed by atoms with Crippen LogP contribution in [0.1, 0.15) is 24.5 Å². The van der Waals surface area contributed by atoms with Gasteiger partial charge < -0.3 is 15.8 Å². The van der Waals surface area contributed by atoms with Gasteiger partial charge >= 0.3 is 0 Å². The summed E-state index contributed by atoms with van der Waals surface area (Å²) < 4.78 is 4.96. The maximum atomic E-state index is 11.9. The zero-order valence-corrected chi connectivity index (χ0v) is 13.1. The van der Waals surface area contributed by atoms with E-state index in [2.05, 4.69) is 23.2 Å². The molecule has 5 nitrogen and oxygen atoms in total. The molecular weight excluding hydrogens is 266 g/mol. The topological polar surface area (TPSA) is 67.6 Å². The highest BCUT2D eigenvalue weighted by molar-refractivity contribution is 5.77. The summed E-state index contributed by atoms with van der Waals surface area (Å²) in [5.41, 5.74) is 8.08. The van der Waals surface area contributed by atoms with Crippen molar-refractivity contribution in [3.8, 4) is 0 Å². The molecule has 0 aliphatic rings. The van der Waals surface area contributed by atoms with Crippen molar-refractivity contribution in [1.29, 1.82) is 0 Å². The molecule has 0 fully saturated rings. The zero-order valence-electron chi connectivity index (χ0n) is 13.1.